The quantitative estimate of drug-likeness (QED) is 0.637. The van der Waals surface area contributed by atoms with Gasteiger partial charge in [-0.3, -0.25) is 4.79 Å². The van der Waals surface area contributed by atoms with Gasteiger partial charge in [0.15, 0.2) is 18.6 Å². The highest BCUT2D eigenvalue weighted by atomic mass is 32.2. The van der Waals surface area contributed by atoms with Crippen molar-refractivity contribution >= 4 is 32.7 Å². The molecule has 0 aliphatic carbocycles. The second-order valence-corrected chi connectivity index (χ2v) is 8.72. The molecular formula is C20H21N3O6S. The van der Waals surface area contributed by atoms with E-state index in [9.17, 15) is 13.2 Å². The van der Waals surface area contributed by atoms with Crippen LogP contribution in [0.1, 0.15) is 5.56 Å². The van der Waals surface area contributed by atoms with E-state index in [1.807, 2.05) is 0 Å². The summed E-state index contributed by atoms with van der Waals surface area (Å²) in [5.74, 6) is 0.0557. The number of fused-ring (bicyclic) bond motifs is 1. The summed E-state index contributed by atoms with van der Waals surface area (Å²) in [5, 5.41) is 2.68. The number of oxazole rings is 1. The molecule has 0 radical (unpaired) electrons. The SMILES string of the molecule is Cc1ccc(NC(=O)COc2ccc3ncoc3c2)cc1S(=O)(=O)N1CCOCC1. The number of hydrogen-bond acceptors (Lipinski definition) is 7. The number of benzene rings is 2. The second kappa shape index (κ2) is 8.42. The Balaban J connectivity index is 1.43. The van der Waals surface area contributed by atoms with E-state index >= 15 is 0 Å². The van der Waals surface area contributed by atoms with Gasteiger partial charge in [0.2, 0.25) is 10.0 Å². The van der Waals surface area contributed by atoms with E-state index in [4.69, 9.17) is 13.9 Å². The van der Waals surface area contributed by atoms with Crippen molar-refractivity contribution in [2.75, 3.05) is 38.2 Å². The molecule has 30 heavy (non-hydrogen) atoms. The van der Waals surface area contributed by atoms with Crippen LogP contribution in [0.25, 0.3) is 11.1 Å². The summed E-state index contributed by atoms with van der Waals surface area (Å²) in [4.78, 5) is 16.5. The highest BCUT2D eigenvalue weighted by Crippen LogP contribution is 2.24. The van der Waals surface area contributed by atoms with Crippen LogP contribution in [0, 0.1) is 6.92 Å². The summed E-state index contributed by atoms with van der Waals surface area (Å²) >= 11 is 0. The lowest BCUT2D eigenvalue weighted by atomic mass is 10.2. The minimum absolute atomic E-state index is 0.166. The molecule has 0 bridgehead atoms. The Kier molecular flexibility index (Phi) is 5.71. The number of aromatic nitrogens is 1. The van der Waals surface area contributed by atoms with Crippen molar-refractivity contribution in [3.8, 4) is 5.75 Å². The lowest BCUT2D eigenvalue weighted by Crippen LogP contribution is -2.40. The number of ether oxygens (including phenoxy) is 2. The zero-order valence-corrected chi connectivity index (χ0v) is 17.1. The number of anilines is 1. The number of carbonyl (C=O) groups is 1. The Morgan fingerprint density at radius 2 is 2.00 bits per heavy atom. The van der Waals surface area contributed by atoms with Crippen LogP contribution in [0.4, 0.5) is 5.69 Å². The van der Waals surface area contributed by atoms with Gasteiger partial charge in [-0.15, -0.1) is 0 Å². The Morgan fingerprint density at radius 3 is 2.80 bits per heavy atom. The number of aryl methyl sites for hydroxylation is 1. The van der Waals surface area contributed by atoms with Gasteiger partial charge in [0.25, 0.3) is 5.91 Å². The Bertz CT molecular complexity index is 1170. The fourth-order valence-electron chi connectivity index (χ4n) is 3.15. The molecule has 0 unspecified atom stereocenters. The average Bonchev–Trinajstić information content (AvgIpc) is 3.22. The summed E-state index contributed by atoms with van der Waals surface area (Å²) in [7, 11) is -3.67. The van der Waals surface area contributed by atoms with Crippen LogP contribution < -0.4 is 10.1 Å². The lowest BCUT2D eigenvalue weighted by molar-refractivity contribution is -0.118. The minimum Gasteiger partial charge on any atom is -0.484 e. The molecule has 1 aliphatic rings. The van der Waals surface area contributed by atoms with E-state index in [0.29, 0.717) is 54.4 Å². The molecule has 2 aromatic carbocycles. The van der Waals surface area contributed by atoms with Gasteiger partial charge >= 0.3 is 0 Å². The van der Waals surface area contributed by atoms with Crippen molar-refractivity contribution in [3.05, 3.63) is 48.4 Å². The number of hydrogen-bond donors (Lipinski definition) is 1. The number of sulfonamides is 1. The number of nitrogens with one attached hydrogen (secondary N) is 1. The fraction of sp³-hybridized carbons (Fsp3) is 0.300. The molecule has 0 saturated carbocycles. The third-order valence-corrected chi connectivity index (χ3v) is 6.77. The number of amides is 1. The molecule has 1 fully saturated rings. The largest absolute Gasteiger partial charge is 0.484 e. The normalized spacial score (nSPS) is 15.2. The summed E-state index contributed by atoms with van der Waals surface area (Å²) < 4.78 is 43.3. The van der Waals surface area contributed by atoms with Crippen LogP contribution >= 0.6 is 0 Å². The fourth-order valence-corrected chi connectivity index (χ4v) is 4.81. The number of morpholine rings is 1. The standard InChI is InChI=1S/C20H21N3O6S/c1-14-2-3-15(10-19(14)30(25,26)23-6-8-27-9-7-23)22-20(24)12-28-16-4-5-17-18(11-16)29-13-21-17/h2-5,10-11,13H,6-9,12H2,1H3,(H,22,24). The van der Waals surface area contributed by atoms with Crippen LogP contribution in [0.3, 0.4) is 0 Å². The van der Waals surface area contributed by atoms with Crippen LogP contribution in [0.5, 0.6) is 5.75 Å². The highest BCUT2D eigenvalue weighted by Gasteiger charge is 2.28. The molecular weight excluding hydrogens is 410 g/mol. The molecule has 1 amide bonds. The van der Waals surface area contributed by atoms with Gasteiger partial charge in [-0.25, -0.2) is 13.4 Å². The zero-order chi connectivity index (χ0) is 21.1. The van der Waals surface area contributed by atoms with Crippen molar-refractivity contribution in [1.29, 1.82) is 0 Å². The van der Waals surface area contributed by atoms with Crippen molar-refractivity contribution in [3.63, 3.8) is 0 Å². The average molecular weight is 431 g/mol. The van der Waals surface area contributed by atoms with Crippen molar-refractivity contribution in [1.82, 2.24) is 9.29 Å². The predicted molar refractivity (Wildman–Crippen MR) is 109 cm³/mol. The van der Waals surface area contributed by atoms with E-state index in [-0.39, 0.29) is 11.5 Å². The van der Waals surface area contributed by atoms with Gasteiger partial charge in [-0.05, 0) is 36.8 Å². The van der Waals surface area contributed by atoms with E-state index in [1.54, 1.807) is 37.3 Å². The lowest BCUT2D eigenvalue weighted by Gasteiger charge is -2.26. The second-order valence-electron chi connectivity index (χ2n) is 6.82. The number of rotatable bonds is 6. The molecule has 1 N–H and O–H groups in total. The van der Waals surface area contributed by atoms with Gasteiger partial charge in [0.05, 0.1) is 18.1 Å². The first kappa shape index (κ1) is 20.3. The van der Waals surface area contributed by atoms with E-state index in [2.05, 4.69) is 10.3 Å². The van der Waals surface area contributed by atoms with E-state index < -0.39 is 15.9 Å². The Labute approximate surface area is 173 Å². The van der Waals surface area contributed by atoms with Crippen molar-refractivity contribution in [2.24, 2.45) is 0 Å². The maximum Gasteiger partial charge on any atom is 0.262 e. The maximum absolute atomic E-state index is 13.0. The molecule has 0 atom stereocenters. The van der Waals surface area contributed by atoms with Gasteiger partial charge in [-0.2, -0.15) is 4.31 Å². The molecule has 1 aromatic heterocycles. The van der Waals surface area contributed by atoms with Gasteiger partial charge < -0.3 is 19.2 Å². The summed E-state index contributed by atoms with van der Waals surface area (Å²) in [6, 6.07) is 9.87. The predicted octanol–water partition coefficient (Wildman–Crippen LogP) is 2.17. The molecule has 4 rings (SSSR count). The monoisotopic (exact) mass is 431 g/mol. The minimum atomic E-state index is -3.67. The van der Waals surface area contributed by atoms with Gasteiger partial charge in [0, 0.05) is 24.8 Å². The number of carbonyl (C=O) groups excluding carboxylic acids is 1. The molecule has 1 aliphatic heterocycles. The van der Waals surface area contributed by atoms with Crippen molar-refractivity contribution < 1.29 is 27.1 Å². The molecule has 9 nitrogen and oxygen atoms in total. The third kappa shape index (κ3) is 4.30. The zero-order valence-electron chi connectivity index (χ0n) is 16.3. The van der Waals surface area contributed by atoms with Crippen molar-refractivity contribution in [2.45, 2.75) is 11.8 Å². The van der Waals surface area contributed by atoms with Crippen LogP contribution in [-0.2, 0) is 19.6 Å². The molecule has 10 heteroatoms. The third-order valence-electron chi connectivity index (χ3n) is 4.73. The Morgan fingerprint density at radius 1 is 1.20 bits per heavy atom. The molecule has 1 saturated heterocycles. The summed E-state index contributed by atoms with van der Waals surface area (Å²) in [5.41, 5.74) is 2.24. The van der Waals surface area contributed by atoms with Crippen LogP contribution in [0.2, 0.25) is 0 Å². The highest BCUT2D eigenvalue weighted by molar-refractivity contribution is 7.89. The topological polar surface area (TPSA) is 111 Å². The smallest absolute Gasteiger partial charge is 0.262 e. The molecule has 0 spiro atoms. The first-order chi connectivity index (χ1) is 14.4. The maximum atomic E-state index is 13.0. The van der Waals surface area contributed by atoms with Gasteiger partial charge in [0.1, 0.15) is 11.3 Å². The van der Waals surface area contributed by atoms with E-state index in [0.717, 1.165) is 0 Å². The molecule has 3 aromatic rings. The number of nitrogens with zero attached hydrogens (tertiary/aromatic N) is 2. The van der Waals surface area contributed by atoms with E-state index in [1.165, 1.54) is 16.8 Å². The summed E-state index contributed by atoms with van der Waals surface area (Å²) in [6.07, 6.45) is 1.33. The first-order valence-corrected chi connectivity index (χ1v) is 10.8. The van der Waals surface area contributed by atoms with Gasteiger partial charge in [-0.1, -0.05) is 6.07 Å². The Hall–Kier alpha value is -2.95. The molecule has 2 heterocycles. The molecule has 158 valence electrons. The first-order valence-electron chi connectivity index (χ1n) is 9.38. The van der Waals surface area contributed by atoms with Crippen LogP contribution in [-0.4, -0.2) is 56.5 Å². The van der Waals surface area contributed by atoms with Crippen LogP contribution in [0.15, 0.2) is 52.1 Å². The summed E-state index contributed by atoms with van der Waals surface area (Å²) in [6.45, 7) is 2.84.